The molecule has 1 fully saturated rings. The van der Waals surface area contributed by atoms with Crippen LogP contribution in [-0.4, -0.2) is 58.5 Å². The van der Waals surface area contributed by atoms with Crippen LogP contribution in [0.3, 0.4) is 0 Å². The fourth-order valence-corrected chi connectivity index (χ4v) is 3.19. The summed E-state index contributed by atoms with van der Waals surface area (Å²) in [4.78, 5) is 29.2. The second-order valence-corrected chi connectivity index (χ2v) is 5.95. The van der Waals surface area contributed by atoms with Gasteiger partial charge in [-0.25, -0.2) is 9.97 Å². The molecule has 2 N–H and O–H groups in total. The lowest BCUT2D eigenvalue weighted by Gasteiger charge is -2.34. The zero-order valence-corrected chi connectivity index (χ0v) is 13.0. The predicted octanol–water partition coefficient (Wildman–Crippen LogP) is 0.397. The Bertz CT molecular complexity index is 623. The SMILES string of the molecule is NCCc1nc(C(=O)N2CCN(c3cnccn3)CC2)cs1. The van der Waals surface area contributed by atoms with Crippen LogP contribution in [0.25, 0.3) is 0 Å². The van der Waals surface area contributed by atoms with E-state index in [4.69, 9.17) is 5.73 Å². The van der Waals surface area contributed by atoms with Crippen LogP contribution in [-0.2, 0) is 6.42 Å². The van der Waals surface area contributed by atoms with E-state index in [-0.39, 0.29) is 5.91 Å². The molecule has 0 radical (unpaired) electrons. The summed E-state index contributed by atoms with van der Waals surface area (Å²) in [7, 11) is 0. The molecule has 0 spiro atoms. The molecule has 1 saturated heterocycles. The van der Waals surface area contributed by atoms with E-state index in [2.05, 4.69) is 19.9 Å². The number of hydrogen-bond acceptors (Lipinski definition) is 7. The van der Waals surface area contributed by atoms with Crippen LogP contribution in [0, 0.1) is 0 Å². The van der Waals surface area contributed by atoms with Crippen LogP contribution >= 0.6 is 11.3 Å². The lowest BCUT2D eigenvalue weighted by atomic mass is 10.3. The molecule has 0 bridgehead atoms. The second kappa shape index (κ2) is 6.80. The van der Waals surface area contributed by atoms with Crippen LogP contribution in [0.2, 0.25) is 0 Å². The highest BCUT2D eigenvalue weighted by atomic mass is 32.1. The van der Waals surface area contributed by atoms with Crippen molar-refractivity contribution in [1.29, 1.82) is 0 Å². The van der Waals surface area contributed by atoms with Gasteiger partial charge in [0, 0.05) is 50.4 Å². The Morgan fingerprint density at radius 2 is 2.09 bits per heavy atom. The molecule has 2 aromatic heterocycles. The zero-order chi connectivity index (χ0) is 15.4. The van der Waals surface area contributed by atoms with Gasteiger partial charge in [0.15, 0.2) is 0 Å². The number of rotatable bonds is 4. The fraction of sp³-hybridized carbons (Fsp3) is 0.429. The number of amides is 1. The predicted molar refractivity (Wildman–Crippen MR) is 85.0 cm³/mol. The molecular weight excluding hydrogens is 300 g/mol. The van der Waals surface area contributed by atoms with E-state index in [1.807, 2.05) is 10.3 Å². The Kier molecular flexibility index (Phi) is 4.59. The number of carbonyl (C=O) groups excluding carboxylic acids is 1. The van der Waals surface area contributed by atoms with Crippen molar-refractivity contribution in [1.82, 2.24) is 19.9 Å². The molecular formula is C14H18N6OS. The van der Waals surface area contributed by atoms with Crippen LogP contribution in [0.5, 0.6) is 0 Å². The molecule has 0 atom stereocenters. The summed E-state index contributed by atoms with van der Waals surface area (Å²) >= 11 is 1.50. The molecule has 2 aromatic rings. The minimum absolute atomic E-state index is 0.00156. The van der Waals surface area contributed by atoms with Gasteiger partial charge in [0.2, 0.25) is 0 Å². The van der Waals surface area contributed by atoms with Gasteiger partial charge in [0.1, 0.15) is 11.5 Å². The normalized spacial score (nSPS) is 15.1. The van der Waals surface area contributed by atoms with Gasteiger partial charge in [-0.2, -0.15) is 0 Å². The van der Waals surface area contributed by atoms with Gasteiger partial charge in [0.05, 0.1) is 11.2 Å². The van der Waals surface area contributed by atoms with E-state index in [1.54, 1.807) is 18.6 Å². The van der Waals surface area contributed by atoms with Crippen molar-refractivity contribution in [2.75, 3.05) is 37.6 Å². The van der Waals surface area contributed by atoms with Crippen LogP contribution < -0.4 is 10.6 Å². The molecule has 3 rings (SSSR count). The quantitative estimate of drug-likeness (QED) is 0.878. The number of nitrogens with zero attached hydrogens (tertiary/aromatic N) is 5. The summed E-state index contributed by atoms with van der Waals surface area (Å²) in [5.74, 6) is 0.854. The minimum Gasteiger partial charge on any atom is -0.352 e. The van der Waals surface area contributed by atoms with E-state index in [1.165, 1.54) is 11.3 Å². The van der Waals surface area contributed by atoms with Crippen molar-refractivity contribution in [2.24, 2.45) is 5.73 Å². The van der Waals surface area contributed by atoms with Gasteiger partial charge >= 0.3 is 0 Å². The highest BCUT2D eigenvalue weighted by molar-refractivity contribution is 7.09. The first-order valence-electron chi connectivity index (χ1n) is 7.22. The number of aromatic nitrogens is 3. The Morgan fingerprint density at radius 1 is 1.27 bits per heavy atom. The van der Waals surface area contributed by atoms with Crippen LogP contribution in [0.1, 0.15) is 15.5 Å². The first-order chi connectivity index (χ1) is 10.8. The van der Waals surface area contributed by atoms with Crippen LogP contribution in [0.4, 0.5) is 5.82 Å². The molecule has 22 heavy (non-hydrogen) atoms. The molecule has 116 valence electrons. The molecule has 1 aliphatic rings. The first-order valence-corrected chi connectivity index (χ1v) is 8.10. The molecule has 0 saturated carbocycles. The number of piperazine rings is 1. The summed E-state index contributed by atoms with van der Waals surface area (Å²) in [6.45, 7) is 3.39. The molecule has 0 aliphatic carbocycles. The minimum atomic E-state index is -0.00156. The molecule has 7 nitrogen and oxygen atoms in total. The number of thiazole rings is 1. The van der Waals surface area contributed by atoms with Gasteiger partial charge < -0.3 is 15.5 Å². The number of nitrogens with two attached hydrogens (primary N) is 1. The summed E-state index contributed by atoms with van der Waals surface area (Å²) in [6.07, 6.45) is 5.81. The van der Waals surface area contributed by atoms with Crippen molar-refractivity contribution >= 4 is 23.1 Å². The standard InChI is InChI=1S/C14H18N6OS/c15-2-1-13-18-11(10-22-13)14(21)20-7-5-19(6-8-20)12-9-16-3-4-17-12/h3-4,9-10H,1-2,5-8,15H2. The fourth-order valence-electron chi connectivity index (χ4n) is 2.40. The smallest absolute Gasteiger partial charge is 0.273 e. The molecule has 3 heterocycles. The van der Waals surface area contributed by atoms with E-state index in [0.29, 0.717) is 25.3 Å². The largest absolute Gasteiger partial charge is 0.352 e. The number of hydrogen-bond donors (Lipinski definition) is 1. The molecule has 1 aliphatic heterocycles. The third kappa shape index (κ3) is 3.23. The molecule has 0 unspecified atom stereocenters. The first kappa shape index (κ1) is 14.9. The molecule has 0 aromatic carbocycles. The van der Waals surface area contributed by atoms with Crippen molar-refractivity contribution in [3.05, 3.63) is 34.7 Å². The van der Waals surface area contributed by atoms with Crippen molar-refractivity contribution in [3.63, 3.8) is 0 Å². The topological polar surface area (TPSA) is 88.2 Å². The maximum atomic E-state index is 12.5. The Balaban J connectivity index is 1.59. The lowest BCUT2D eigenvalue weighted by Crippen LogP contribution is -2.49. The monoisotopic (exact) mass is 318 g/mol. The van der Waals surface area contributed by atoms with Gasteiger partial charge in [-0.1, -0.05) is 0 Å². The molecule has 1 amide bonds. The lowest BCUT2D eigenvalue weighted by molar-refractivity contribution is 0.0741. The van der Waals surface area contributed by atoms with Crippen molar-refractivity contribution in [2.45, 2.75) is 6.42 Å². The summed E-state index contributed by atoms with van der Waals surface area (Å²) in [5.41, 5.74) is 6.04. The third-order valence-corrected chi connectivity index (χ3v) is 4.48. The molecule has 8 heteroatoms. The zero-order valence-electron chi connectivity index (χ0n) is 12.2. The van der Waals surface area contributed by atoms with E-state index in [9.17, 15) is 4.79 Å². The average Bonchev–Trinajstić information content (AvgIpc) is 3.04. The summed E-state index contributed by atoms with van der Waals surface area (Å²) < 4.78 is 0. The average molecular weight is 318 g/mol. The van der Waals surface area contributed by atoms with Gasteiger partial charge in [-0.15, -0.1) is 11.3 Å². The Morgan fingerprint density at radius 3 is 2.77 bits per heavy atom. The number of carbonyl (C=O) groups is 1. The maximum absolute atomic E-state index is 12.5. The summed E-state index contributed by atoms with van der Waals surface area (Å²) in [6, 6.07) is 0. The van der Waals surface area contributed by atoms with Gasteiger partial charge in [-0.3, -0.25) is 9.78 Å². The van der Waals surface area contributed by atoms with E-state index in [0.717, 1.165) is 30.3 Å². The Hall–Kier alpha value is -2.06. The highest BCUT2D eigenvalue weighted by Crippen LogP contribution is 2.15. The third-order valence-electron chi connectivity index (χ3n) is 3.57. The summed E-state index contributed by atoms with van der Waals surface area (Å²) in [5, 5.41) is 2.74. The van der Waals surface area contributed by atoms with Crippen molar-refractivity contribution < 1.29 is 4.79 Å². The van der Waals surface area contributed by atoms with Gasteiger partial charge in [0.25, 0.3) is 5.91 Å². The van der Waals surface area contributed by atoms with Gasteiger partial charge in [-0.05, 0) is 6.54 Å². The van der Waals surface area contributed by atoms with Crippen molar-refractivity contribution in [3.8, 4) is 0 Å². The maximum Gasteiger partial charge on any atom is 0.273 e. The second-order valence-electron chi connectivity index (χ2n) is 5.01. The van der Waals surface area contributed by atoms with E-state index >= 15 is 0 Å². The Labute approximate surface area is 132 Å². The van der Waals surface area contributed by atoms with Crippen LogP contribution in [0.15, 0.2) is 24.0 Å². The highest BCUT2D eigenvalue weighted by Gasteiger charge is 2.24. The number of anilines is 1. The van der Waals surface area contributed by atoms with E-state index < -0.39 is 0 Å².